The van der Waals surface area contributed by atoms with E-state index >= 15 is 0 Å². The maximum Gasteiger partial charge on any atom is 0.573 e. The van der Waals surface area contributed by atoms with E-state index < -0.39 is 35.0 Å². The molecule has 0 unspecified atom stereocenters. The summed E-state index contributed by atoms with van der Waals surface area (Å²) in [7, 11) is 0.978. The smallest absolute Gasteiger partial charge is 0.493 e. The van der Waals surface area contributed by atoms with Gasteiger partial charge in [-0.2, -0.15) is 0 Å². The molecule has 0 aliphatic rings. The van der Waals surface area contributed by atoms with E-state index in [1.807, 2.05) is 0 Å². The molecule has 1 aromatic rings. The maximum absolute atomic E-state index is 12.6. The Morgan fingerprint density at radius 2 is 1.94 bits per heavy atom. The van der Waals surface area contributed by atoms with Gasteiger partial charge in [0.25, 0.3) is 6.43 Å². The highest BCUT2D eigenvalue weighted by Gasteiger charge is 2.35. The zero-order chi connectivity index (χ0) is 13.2. The topological polar surface area (TPSA) is 31.4 Å². The molecule has 3 nitrogen and oxygen atoms in total. The van der Waals surface area contributed by atoms with Gasteiger partial charge >= 0.3 is 6.36 Å². The number of hydrogen-bond donors (Lipinski definition) is 0. The Balaban J connectivity index is 3.30. The highest BCUT2D eigenvalue weighted by Crippen LogP contribution is 2.41. The minimum Gasteiger partial charge on any atom is -0.493 e. The van der Waals surface area contributed by atoms with E-state index in [1.54, 1.807) is 0 Å². The van der Waals surface area contributed by atoms with Crippen LogP contribution < -0.4 is 9.47 Å². The molecule has 0 radical (unpaired) electrons. The number of nitrogens with zero attached hydrogens (tertiary/aromatic N) is 1. The summed E-state index contributed by atoms with van der Waals surface area (Å²) < 4.78 is 69.0. The molecule has 0 amide bonds. The summed E-state index contributed by atoms with van der Waals surface area (Å²) in [4.78, 5) is 3.26. The Hall–Kier alpha value is -1.31. The van der Waals surface area contributed by atoms with E-state index in [0.29, 0.717) is 6.20 Å². The molecule has 1 aromatic heterocycles. The minimum absolute atomic E-state index is 0.458. The van der Waals surface area contributed by atoms with Crippen LogP contribution in [0.4, 0.5) is 22.0 Å². The number of ether oxygens (including phenoxy) is 2. The fourth-order valence-electron chi connectivity index (χ4n) is 1.07. The van der Waals surface area contributed by atoms with E-state index in [4.69, 9.17) is 11.6 Å². The van der Waals surface area contributed by atoms with Crippen LogP contribution in [0, 0.1) is 0 Å². The monoisotopic (exact) mass is 277 g/mol. The summed E-state index contributed by atoms with van der Waals surface area (Å²) in [6.07, 6.45) is -7.90. The van der Waals surface area contributed by atoms with Crippen LogP contribution in [-0.4, -0.2) is 18.5 Å². The van der Waals surface area contributed by atoms with Gasteiger partial charge in [-0.15, -0.1) is 13.2 Å². The van der Waals surface area contributed by atoms with Crippen molar-refractivity contribution in [3.63, 3.8) is 0 Å². The van der Waals surface area contributed by atoms with Crippen molar-refractivity contribution in [2.45, 2.75) is 12.8 Å². The van der Waals surface area contributed by atoms with E-state index in [1.165, 1.54) is 0 Å². The van der Waals surface area contributed by atoms with Crippen molar-refractivity contribution in [3.05, 3.63) is 16.9 Å². The molecule has 1 rings (SSSR count). The normalized spacial score (nSPS) is 11.8. The number of rotatable bonds is 3. The highest BCUT2D eigenvalue weighted by atomic mass is 35.5. The molecule has 0 fully saturated rings. The van der Waals surface area contributed by atoms with Crippen LogP contribution in [0.25, 0.3) is 0 Å². The van der Waals surface area contributed by atoms with E-state index in [2.05, 4.69) is 14.5 Å². The summed E-state index contributed by atoms with van der Waals surface area (Å²) in [5.41, 5.74) is -1.09. The first kappa shape index (κ1) is 13.8. The lowest BCUT2D eigenvalue weighted by atomic mass is 10.2. The molecule has 1 heterocycles. The molecule has 0 aromatic carbocycles. The van der Waals surface area contributed by atoms with Crippen LogP contribution in [0.5, 0.6) is 11.5 Å². The Bertz CT molecular complexity index is 410. The van der Waals surface area contributed by atoms with Gasteiger partial charge in [-0.05, 0) is 0 Å². The molecule has 9 heteroatoms. The van der Waals surface area contributed by atoms with Gasteiger partial charge in [0.15, 0.2) is 16.7 Å². The molecule has 0 atom stereocenters. The van der Waals surface area contributed by atoms with Crippen LogP contribution in [0.1, 0.15) is 12.0 Å². The number of alkyl halides is 5. The zero-order valence-electron chi connectivity index (χ0n) is 8.19. The standard InChI is InChI=1S/C8H5ClF5NO2/c1-16-5-4(7(10)11)3(2-15-6(5)9)17-8(12,13)14/h2,7H,1H3. The molecule has 0 bridgehead atoms. The number of methoxy groups -OCH3 is 1. The van der Waals surface area contributed by atoms with Crippen molar-refractivity contribution in [3.8, 4) is 11.5 Å². The van der Waals surface area contributed by atoms with Crippen LogP contribution >= 0.6 is 11.6 Å². The minimum atomic E-state index is -5.11. The fourth-order valence-corrected chi connectivity index (χ4v) is 1.30. The van der Waals surface area contributed by atoms with Gasteiger partial charge in [0.05, 0.1) is 13.3 Å². The van der Waals surface area contributed by atoms with E-state index in [0.717, 1.165) is 7.11 Å². The van der Waals surface area contributed by atoms with Crippen molar-refractivity contribution in [1.82, 2.24) is 4.98 Å². The van der Waals surface area contributed by atoms with Gasteiger partial charge < -0.3 is 9.47 Å². The third-order valence-corrected chi connectivity index (χ3v) is 1.91. The average Bonchev–Trinajstić information content (AvgIpc) is 2.17. The number of aromatic nitrogens is 1. The SMILES string of the molecule is COc1c(Cl)ncc(OC(F)(F)F)c1C(F)F. The second-order valence-electron chi connectivity index (χ2n) is 2.71. The molecular formula is C8H5ClF5NO2. The molecule has 0 saturated heterocycles. The third-order valence-electron chi connectivity index (χ3n) is 1.64. The predicted octanol–water partition coefficient (Wildman–Crippen LogP) is 3.58. The quantitative estimate of drug-likeness (QED) is 0.625. The van der Waals surface area contributed by atoms with Crippen molar-refractivity contribution in [2.75, 3.05) is 7.11 Å². The summed E-state index contributed by atoms with van der Waals surface area (Å²) >= 11 is 5.41. The molecule has 0 spiro atoms. The third kappa shape index (κ3) is 3.32. The first-order chi connectivity index (χ1) is 7.76. The number of halogens is 6. The lowest BCUT2D eigenvalue weighted by molar-refractivity contribution is -0.275. The van der Waals surface area contributed by atoms with Gasteiger partial charge in [0.1, 0.15) is 5.56 Å². The summed E-state index contributed by atoms with van der Waals surface area (Å²) in [6.45, 7) is 0. The second kappa shape index (κ2) is 4.91. The first-order valence-corrected chi connectivity index (χ1v) is 4.40. The number of pyridine rings is 1. The summed E-state index contributed by atoms with van der Waals surface area (Å²) in [5, 5.41) is -0.475. The van der Waals surface area contributed by atoms with E-state index in [9.17, 15) is 22.0 Å². The number of hydrogen-bond acceptors (Lipinski definition) is 3. The molecule has 0 aliphatic carbocycles. The Morgan fingerprint density at radius 3 is 2.35 bits per heavy atom. The highest BCUT2D eigenvalue weighted by molar-refractivity contribution is 6.31. The van der Waals surface area contributed by atoms with Gasteiger partial charge in [0, 0.05) is 0 Å². The van der Waals surface area contributed by atoms with Gasteiger partial charge in [-0.1, -0.05) is 11.6 Å². The largest absolute Gasteiger partial charge is 0.573 e. The lowest BCUT2D eigenvalue weighted by Gasteiger charge is -2.15. The van der Waals surface area contributed by atoms with Crippen molar-refractivity contribution in [2.24, 2.45) is 0 Å². The first-order valence-electron chi connectivity index (χ1n) is 4.02. The van der Waals surface area contributed by atoms with Gasteiger partial charge in [-0.25, -0.2) is 13.8 Å². The summed E-state index contributed by atoms with van der Waals surface area (Å²) in [5.74, 6) is -1.79. The lowest BCUT2D eigenvalue weighted by Crippen LogP contribution is -2.18. The van der Waals surface area contributed by atoms with E-state index in [-0.39, 0.29) is 0 Å². The zero-order valence-corrected chi connectivity index (χ0v) is 8.94. The Kier molecular flexibility index (Phi) is 3.97. The average molecular weight is 278 g/mol. The molecular weight excluding hydrogens is 273 g/mol. The molecule has 0 aliphatic heterocycles. The maximum atomic E-state index is 12.6. The van der Waals surface area contributed by atoms with Crippen molar-refractivity contribution in [1.29, 1.82) is 0 Å². The van der Waals surface area contributed by atoms with Crippen LogP contribution in [0.15, 0.2) is 6.20 Å². The Morgan fingerprint density at radius 1 is 1.35 bits per heavy atom. The molecule has 0 saturated carbocycles. The second-order valence-corrected chi connectivity index (χ2v) is 3.07. The van der Waals surface area contributed by atoms with Crippen molar-refractivity contribution < 1.29 is 31.4 Å². The Labute approximate surface area is 97.1 Å². The van der Waals surface area contributed by atoms with Crippen LogP contribution in [-0.2, 0) is 0 Å². The summed E-state index contributed by atoms with van der Waals surface area (Å²) in [6, 6.07) is 0. The van der Waals surface area contributed by atoms with Gasteiger partial charge in [0.2, 0.25) is 0 Å². The predicted molar refractivity (Wildman–Crippen MR) is 47.4 cm³/mol. The molecule has 96 valence electrons. The van der Waals surface area contributed by atoms with Crippen LogP contribution in [0.2, 0.25) is 5.15 Å². The molecule has 17 heavy (non-hydrogen) atoms. The van der Waals surface area contributed by atoms with Crippen molar-refractivity contribution >= 4 is 11.6 Å². The van der Waals surface area contributed by atoms with Crippen LogP contribution in [0.3, 0.4) is 0 Å². The van der Waals surface area contributed by atoms with Gasteiger partial charge in [-0.3, -0.25) is 0 Å². The fraction of sp³-hybridized carbons (Fsp3) is 0.375. The molecule has 0 N–H and O–H groups in total.